The van der Waals surface area contributed by atoms with Gasteiger partial charge in [-0.05, 0) is 28.9 Å². The molecule has 66 valence electrons. The third-order valence-electron chi connectivity index (χ3n) is 1.59. The van der Waals surface area contributed by atoms with E-state index in [2.05, 4.69) is 20.9 Å². The van der Waals surface area contributed by atoms with Crippen molar-refractivity contribution in [2.75, 3.05) is 0 Å². The summed E-state index contributed by atoms with van der Waals surface area (Å²) in [6, 6.07) is 3.49. The second-order valence-corrected chi connectivity index (χ2v) is 3.40. The summed E-state index contributed by atoms with van der Waals surface area (Å²) in [4.78, 5) is 15.2. The first kappa shape index (κ1) is 9.87. The summed E-state index contributed by atoms with van der Waals surface area (Å²) >= 11 is 3.27. The third kappa shape index (κ3) is 2.36. The van der Waals surface area contributed by atoms with Gasteiger partial charge in [0.15, 0.2) is 5.78 Å². The van der Waals surface area contributed by atoms with Crippen molar-refractivity contribution in [3.05, 3.63) is 28.0 Å². The molecule has 0 N–H and O–H groups in total. The Labute approximate surface area is 84.5 Å². The van der Waals surface area contributed by atoms with Gasteiger partial charge in [-0.1, -0.05) is 0 Å². The fourth-order valence-corrected chi connectivity index (χ4v) is 1.18. The first-order valence-corrected chi connectivity index (χ1v) is 4.46. The predicted molar refractivity (Wildman–Crippen MR) is 51.2 cm³/mol. The van der Waals surface area contributed by atoms with Gasteiger partial charge in [-0.15, -0.1) is 0 Å². The number of ketones is 1. The summed E-state index contributed by atoms with van der Waals surface area (Å²) in [5.74, 6) is -0.198. The van der Waals surface area contributed by atoms with Crippen molar-refractivity contribution in [3.63, 3.8) is 0 Å². The zero-order valence-electron chi connectivity index (χ0n) is 7.04. The van der Waals surface area contributed by atoms with Gasteiger partial charge in [-0.3, -0.25) is 9.78 Å². The Morgan fingerprint density at radius 3 is 3.00 bits per heavy atom. The van der Waals surface area contributed by atoms with E-state index in [0.717, 1.165) is 10.2 Å². The maximum Gasteiger partial charge on any atom is 0.178 e. The Bertz CT molecular complexity index is 382. The Balaban J connectivity index is 2.98. The number of aromatic nitrogens is 1. The lowest BCUT2D eigenvalue weighted by molar-refractivity contribution is 0.0997. The highest BCUT2D eigenvalue weighted by Crippen LogP contribution is 2.15. The topological polar surface area (TPSA) is 53.8 Å². The average molecular weight is 239 g/mol. The molecule has 3 nitrogen and oxygen atoms in total. The van der Waals surface area contributed by atoms with Gasteiger partial charge in [0.25, 0.3) is 0 Å². The minimum atomic E-state index is -0.198. The van der Waals surface area contributed by atoms with Crippen LogP contribution in [0.4, 0.5) is 0 Å². The normalized spacial score (nSPS) is 9.31. The van der Waals surface area contributed by atoms with Gasteiger partial charge in [-0.25, -0.2) is 0 Å². The number of nitrogens with zero attached hydrogens (tertiary/aromatic N) is 2. The molecule has 0 amide bonds. The van der Waals surface area contributed by atoms with Gasteiger partial charge in [0, 0.05) is 16.2 Å². The number of rotatable bonds is 2. The molecule has 0 saturated heterocycles. The molecule has 0 atom stereocenters. The fourth-order valence-electron chi connectivity index (χ4n) is 0.833. The standard InChI is InChI=1S/C9H7BrN2O/c1-6-8(10)4-7(5-12-6)9(13)2-3-11/h4-5H,2H2,1H3. The Morgan fingerprint density at radius 1 is 1.77 bits per heavy atom. The van der Waals surface area contributed by atoms with Crippen molar-refractivity contribution < 1.29 is 4.79 Å². The highest BCUT2D eigenvalue weighted by molar-refractivity contribution is 9.10. The number of carbonyl (C=O) groups is 1. The van der Waals surface area contributed by atoms with Crippen LogP contribution in [-0.2, 0) is 0 Å². The van der Waals surface area contributed by atoms with E-state index in [1.54, 1.807) is 6.07 Å². The number of pyridine rings is 1. The van der Waals surface area contributed by atoms with Crippen LogP contribution in [0.3, 0.4) is 0 Å². The fraction of sp³-hybridized carbons (Fsp3) is 0.222. The van der Waals surface area contributed by atoms with Gasteiger partial charge in [0.2, 0.25) is 0 Å². The van der Waals surface area contributed by atoms with Crippen LogP contribution in [-0.4, -0.2) is 10.8 Å². The van der Waals surface area contributed by atoms with Crippen LogP contribution >= 0.6 is 15.9 Å². The van der Waals surface area contributed by atoms with Gasteiger partial charge >= 0.3 is 0 Å². The SMILES string of the molecule is Cc1ncc(C(=O)CC#N)cc1Br. The van der Waals surface area contributed by atoms with E-state index < -0.39 is 0 Å². The average Bonchev–Trinajstić information content (AvgIpc) is 2.10. The van der Waals surface area contributed by atoms with Gasteiger partial charge in [-0.2, -0.15) is 5.26 Å². The number of nitriles is 1. The van der Waals surface area contributed by atoms with Crippen LogP contribution < -0.4 is 0 Å². The maximum absolute atomic E-state index is 11.2. The number of hydrogen-bond acceptors (Lipinski definition) is 3. The lowest BCUT2D eigenvalue weighted by Gasteiger charge is -1.99. The summed E-state index contributed by atoms with van der Waals surface area (Å²) in [6.45, 7) is 1.84. The van der Waals surface area contributed by atoms with E-state index >= 15 is 0 Å². The summed E-state index contributed by atoms with van der Waals surface area (Å²) in [5.41, 5.74) is 1.30. The Kier molecular flexibility index (Phi) is 3.15. The monoisotopic (exact) mass is 238 g/mol. The molecule has 0 aromatic carbocycles. The molecular weight excluding hydrogens is 232 g/mol. The van der Waals surface area contributed by atoms with E-state index in [4.69, 9.17) is 5.26 Å². The van der Waals surface area contributed by atoms with Crippen molar-refractivity contribution in [2.45, 2.75) is 13.3 Å². The molecule has 0 bridgehead atoms. The van der Waals surface area contributed by atoms with Crippen molar-refractivity contribution in [2.24, 2.45) is 0 Å². The zero-order valence-corrected chi connectivity index (χ0v) is 8.63. The molecule has 1 aromatic rings. The second kappa shape index (κ2) is 4.15. The zero-order chi connectivity index (χ0) is 9.84. The molecule has 0 aliphatic carbocycles. The van der Waals surface area contributed by atoms with E-state index in [0.29, 0.717) is 5.56 Å². The smallest absolute Gasteiger partial charge is 0.178 e. The van der Waals surface area contributed by atoms with E-state index in [-0.39, 0.29) is 12.2 Å². The van der Waals surface area contributed by atoms with E-state index in [1.165, 1.54) is 6.20 Å². The molecule has 0 spiro atoms. The highest BCUT2D eigenvalue weighted by atomic mass is 79.9. The molecule has 13 heavy (non-hydrogen) atoms. The maximum atomic E-state index is 11.2. The summed E-state index contributed by atoms with van der Waals surface area (Å²) < 4.78 is 0.788. The molecular formula is C9H7BrN2O. The van der Waals surface area contributed by atoms with Gasteiger partial charge in [0.1, 0.15) is 0 Å². The molecule has 4 heteroatoms. The summed E-state index contributed by atoms with van der Waals surface area (Å²) in [5, 5.41) is 8.32. The number of halogens is 1. The minimum absolute atomic E-state index is 0.100. The predicted octanol–water partition coefficient (Wildman–Crippen LogP) is 2.25. The van der Waals surface area contributed by atoms with Crippen molar-refractivity contribution in [3.8, 4) is 6.07 Å². The van der Waals surface area contributed by atoms with Crippen LogP contribution in [0.25, 0.3) is 0 Å². The van der Waals surface area contributed by atoms with Crippen molar-refractivity contribution in [1.82, 2.24) is 4.98 Å². The Hall–Kier alpha value is -1.21. The van der Waals surface area contributed by atoms with Crippen LogP contribution in [0.5, 0.6) is 0 Å². The van der Waals surface area contributed by atoms with E-state index in [9.17, 15) is 4.79 Å². The van der Waals surface area contributed by atoms with Crippen molar-refractivity contribution in [1.29, 1.82) is 5.26 Å². The molecule has 0 radical (unpaired) electrons. The summed E-state index contributed by atoms with van der Waals surface area (Å²) in [6.07, 6.45) is 1.39. The van der Waals surface area contributed by atoms with Crippen LogP contribution in [0.1, 0.15) is 22.5 Å². The lowest BCUT2D eigenvalue weighted by Crippen LogP contribution is -1.99. The molecule has 1 rings (SSSR count). The molecule has 0 aliphatic rings. The third-order valence-corrected chi connectivity index (χ3v) is 2.39. The quantitative estimate of drug-likeness (QED) is 0.743. The number of aryl methyl sites for hydroxylation is 1. The number of Topliss-reactive ketones (excluding diaryl/α,β-unsaturated/α-hetero) is 1. The molecule has 1 aromatic heterocycles. The van der Waals surface area contributed by atoms with Gasteiger partial charge in [0.05, 0.1) is 18.2 Å². The van der Waals surface area contributed by atoms with E-state index in [1.807, 2.05) is 13.0 Å². The first-order valence-electron chi connectivity index (χ1n) is 3.67. The van der Waals surface area contributed by atoms with Crippen molar-refractivity contribution >= 4 is 21.7 Å². The molecule has 0 unspecified atom stereocenters. The lowest BCUT2D eigenvalue weighted by atomic mass is 10.1. The molecule has 1 heterocycles. The molecule has 0 fully saturated rings. The Morgan fingerprint density at radius 2 is 2.46 bits per heavy atom. The first-order chi connectivity index (χ1) is 6.15. The second-order valence-electron chi connectivity index (χ2n) is 2.55. The van der Waals surface area contributed by atoms with Gasteiger partial charge < -0.3 is 0 Å². The number of carbonyl (C=O) groups excluding carboxylic acids is 1. The molecule has 0 aliphatic heterocycles. The van der Waals surface area contributed by atoms with Crippen LogP contribution in [0.15, 0.2) is 16.7 Å². The molecule has 0 saturated carbocycles. The van der Waals surface area contributed by atoms with Crippen LogP contribution in [0, 0.1) is 18.3 Å². The van der Waals surface area contributed by atoms with Crippen LogP contribution in [0.2, 0.25) is 0 Å². The minimum Gasteiger partial charge on any atom is -0.293 e. The number of hydrogen-bond donors (Lipinski definition) is 0. The highest BCUT2D eigenvalue weighted by Gasteiger charge is 2.06. The largest absolute Gasteiger partial charge is 0.293 e. The summed E-state index contributed by atoms with van der Waals surface area (Å²) in [7, 11) is 0.